The van der Waals surface area contributed by atoms with Gasteiger partial charge in [-0.3, -0.25) is 4.90 Å². The number of carbonyl (C=O) groups excluding carboxylic acids is 1. The molecule has 3 rings (SSSR count). The third kappa shape index (κ3) is 2.96. The molecule has 1 heterocycles. The molecule has 0 radical (unpaired) electrons. The van der Waals surface area contributed by atoms with Crippen molar-refractivity contribution < 1.29 is 14.3 Å². The second-order valence-electron chi connectivity index (χ2n) is 5.17. The van der Waals surface area contributed by atoms with Crippen molar-refractivity contribution in [3.8, 4) is 0 Å². The third-order valence-corrected chi connectivity index (χ3v) is 3.92. The van der Waals surface area contributed by atoms with Crippen LogP contribution < -0.4 is 0 Å². The Morgan fingerprint density at radius 3 is 2.53 bits per heavy atom. The van der Waals surface area contributed by atoms with E-state index in [1.54, 1.807) is 12.1 Å². The predicted molar refractivity (Wildman–Crippen MR) is 71.1 cm³/mol. The van der Waals surface area contributed by atoms with E-state index in [1.165, 1.54) is 0 Å². The standard InChI is InChI=1S/C15H19NO3/c17-15(12-4-2-1-3-5-12)19-14-10-13(11-14)16-6-8-18-9-7-16/h1-5,13-14H,6-11H2. The first-order valence-corrected chi connectivity index (χ1v) is 6.91. The van der Waals surface area contributed by atoms with Crippen LogP contribution in [0.25, 0.3) is 0 Å². The fraction of sp³-hybridized carbons (Fsp3) is 0.533. The molecule has 0 N–H and O–H groups in total. The van der Waals surface area contributed by atoms with Gasteiger partial charge in [0.15, 0.2) is 0 Å². The molecular weight excluding hydrogens is 242 g/mol. The fourth-order valence-corrected chi connectivity index (χ4v) is 2.67. The predicted octanol–water partition coefficient (Wildman–Crippen LogP) is 1.71. The van der Waals surface area contributed by atoms with Crippen LogP contribution in [0.1, 0.15) is 23.2 Å². The molecule has 0 unspecified atom stereocenters. The van der Waals surface area contributed by atoms with Gasteiger partial charge in [0.25, 0.3) is 0 Å². The zero-order valence-corrected chi connectivity index (χ0v) is 11.0. The highest BCUT2D eigenvalue weighted by Crippen LogP contribution is 2.29. The van der Waals surface area contributed by atoms with Crippen LogP contribution in [0, 0.1) is 0 Å². The van der Waals surface area contributed by atoms with Crippen LogP contribution in [0.2, 0.25) is 0 Å². The number of nitrogens with zero attached hydrogens (tertiary/aromatic N) is 1. The molecule has 1 aliphatic carbocycles. The second kappa shape index (κ2) is 5.72. The number of ether oxygens (including phenoxy) is 2. The molecule has 1 aliphatic heterocycles. The maximum absolute atomic E-state index is 11.9. The molecule has 1 saturated carbocycles. The van der Waals surface area contributed by atoms with Crippen LogP contribution in [0.5, 0.6) is 0 Å². The molecule has 2 fully saturated rings. The summed E-state index contributed by atoms with van der Waals surface area (Å²) in [6, 6.07) is 9.76. The van der Waals surface area contributed by atoms with E-state index in [4.69, 9.17) is 9.47 Å². The summed E-state index contributed by atoms with van der Waals surface area (Å²) < 4.78 is 10.8. The van der Waals surface area contributed by atoms with Gasteiger partial charge in [0.05, 0.1) is 18.8 Å². The Morgan fingerprint density at radius 1 is 1.16 bits per heavy atom. The minimum Gasteiger partial charge on any atom is -0.459 e. The summed E-state index contributed by atoms with van der Waals surface area (Å²) in [4.78, 5) is 14.3. The Bertz CT molecular complexity index is 422. The molecule has 0 spiro atoms. The van der Waals surface area contributed by atoms with Crippen molar-refractivity contribution in [3.63, 3.8) is 0 Å². The minimum absolute atomic E-state index is 0.0838. The van der Waals surface area contributed by atoms with E-state index in [0.717, 1.165) is 39.1 Å². The van der Waals surface area contributed by atoms with E-state index in [9.17, 15) is 4.79 Å². The number of carbonyl (C=O) groups is 1. The SMILES string of the molecule is O=C(OC1CC(N2CCOCC2)C1)c1ccccc1. The molecule has 102 valence electrons. The van der Waals surface area contributed by atoms with Gasteiger partial charge in [0.1, 0.15) is 6.10 Å². The third-order valence-electron chi connectivity index (χ3n) is 3.92. The Kier molecular flexibility index (Phi) is 3.80. The second-order valence-corrected chi connectivity index (χ2v) is 5.17. The molecule has 1 aromatic rings. The largest absolute Gasteiger partial charge is 0.459 e. The van der Waals surface area contributed by atoms with Crippen LogP contribution in [0.15, 0.2) is 30.3 Å². The van der Waals surface area contributed by atoms with E-state index in [-0.39, 0.29) is 12.1 Å². The van der Waals surface area contributed by atoms with Crippen molar-refractivity contribution in [2.45, 2.75) is 25.0 Å². The van der Waals surface area contributed by atoms with E-state index in [2.05, 4.69) is 4.90 Å². The van der Waals surface area contributed by atoms with Gasteiger partial charge in [-0.1, -0.05) is 18.2 Å². The Balaban J connectivity index is 1.45. The summed E-state index contributed by atoms with van der Waals surface area (Å²) in [5, 5.41) is 0. The van der Waals surface area contributed by atoms with Crippen LogP contribution in [0.4, 0.5) is 0 Å². The molecule has 0 amide bonds. The average molecular weight is 261 g/mol. The van der Waals surface area contributed by atoms with Crippen molar-refractivity contribution >= 4 is 5.97 Å². The molecule has 0 bridgehead atoms. The number of rotatable bonds is 3. The summed E-state index contributed by atoms with van der Waals surface area (Å²) in [5.41, 5.74) is 0.636. The number of morpholine rings is 1. The lowest BCUT2D eigenvalue weighted by Gasteiger charge is -2.43. The Hall–Kier alpha value is -1.39. The van der Waals surface area contributed by atoms with Gasteiger partial charge < -0.3 is 9.47 Å². The Morgan fingerprint density at radius 2 is 1.84 bits per heavy atom. The molecule has 1 saturated heterocycles. The molecule has 0 atom stereocenters. The zero-order chi connectivity index (χ0) is 13.1. The highest BCUT2D eigenvalue weighted by molar-refractivity contribution is 5.89. The molecule has 4 nitrogen and oxygen atoms in total. The monoisotopic (exact) mass is 261 g/mol. The lowest BCUT2D eigenvalue weighted by Crippen LogP contribution is -2.52. The van der Waals surface area contributed by atoms with Crippen molar-refractivity contribution in [2.75, 3.05) is 26.3 Å². The van der Waals surface area contributed by atoms with Gasteiger partial charge in [-0.2, -0.15) is 0 Å². The van der Waals surface area contributed by atoms with E-state index < -0.39 is 0 Å². The van der Waals surface area contributed by atoms with Gasteiger partial charge in [0.2, 0.25) is 0 Å². The van der Waals surface area contributed by atoms with Gasteiger partial charge in [0, 0.05) is 32.0 Å². The first-order valence-electron chi connectivity index (χ1n) is 6.91. The van der Waals surface area contributed by atoms with Crippen LogP contribution in [0.3, 0.4) is 0 Å². The van der Waals surface area contributed by atoms with Crippen LogP contribution >= 0.6 is 0 Å². The normalized spacial score (nSPS) is 27.6. The molecular formula is C15H19NO3. The summed E-state index contributed by atoms with van der Waals surface area (Å²) in [6.07, 6.45) is 2.00. The Labute approximate surface area is 113 Å². The summed E-state index contributed by atoms with van der Waals surface area (Å²) in [5.74, 6) is -0.203. The molecule has 4 heteroatoms. The number of hydrogen-bond donors (Lipinski definition) is 0. The van der Waals surface area contributed by atoms with Crippen molar-refractivity contribution in [1.82, 2.24) is 4.90 Å². The summed E-state index contributed by atoms with van der Waals surface area (Å²) in [6.45, 7) is 3.66. The number of esters is 1. The lowest BCUT2D eigenvalue weighted by atomic mass is 9.87. The molecule has 19 heavy (non-hydrogen) atoms. The van der Waals surface area contributed by atoms with E-state index >= 15 is 0 Å². The van der Waals surface area contributed by atoms with Crippen LogP contribution in [-0.4, -0.2) is 49.3 Å². The highest BCUT2D eigenvalue weighted by atomic mass is 16.5. The maximum atomic E-state index is 11.9. The van der Waals surface area contributed by atoms with Crippen LogP contribution in [-0.2, 0) is 9.47 Å². The van der Waals surface area contributed by atoms with Gasteiger partial charge >= 0.3 is 5.97 Å². The highest BCUT2D eigenvalue weighted by Gasteiger charge is 2.36. The van der Waals surface area contributed by atoms with Crippen molar-refractivity contribution in [2.24, 2.45) is 0 Å². The molecule has 1 aromatic carbocycles. The van der Waals surface area contributed by atoms with Gasteiger partial charge in [-0.05, 0) is 12.1 Å². The quantitative estimate of drug-likeness (QED) is 0.776. The minimum atomic E-state index is -0.203. The van der Waals surface area contributed by atoms with Crippen molar-refractivity contribution in [1.29, 1.82) is 0 Å². The smallest absolute Gasteiger partial charge is 0.338 e. The maximum Gasteiger partial charge on any atom is 0.338 e. The summed E-state index contributed by atoms with van der Waals surface area (Å²) in [7, 11) is 0. The lowest BCUT2D eigenvalue weighted by molar-refractivity contribution is -0.0566. The number of hydrogen-bond acceptors (Lipinski definition) is 4. The zero-order valence-electron chi connectivity index (χ0n) is 11.0. The fourth-order valence-electron chi connectivity index (χ4n) is 2.67. The topological polar surface area (TPSA) is 38.8 Å². The van der Waals surface area contributed by atoms with Crippen molar-refractivity contribution in [3.05, 3.63) is 35.9 Å². The first-order chi connectivity index (χ1) is 9.33. The van der Waals surface area contributed by atoms with Gasteiger partial charge in [-0.25, -0.2) is 4.79 Å². The van der Waals surface area contributed by atoms with E-state index in [1.807, 2.05) is 18.2 Å². The molecule has 2 aliphatic rings. The average Bonchev–Trinajstić information content (AvgIpc) is 2.44. The first kappa shape index (κ1) is 12.6. The van der Waals surface area contributed by atoms with E-state index in [0.29, 0.717) is 11.6 Å². The van der Waals surface area contributed by atoms with Gasteiger partial charge in [-0.15, -0.1) is 0 Å². The molecule has 0 aromatic heterocycles. The number of benzene rings is 1. The summed E-state index contributed by atoms with van der Waals surface area (Å²) >= 11 is 0.